The summed E-state index contributed by atoms with van der Waals surface area (Å²) < 4.78 is 6.94. The van der Waals surface area contributed by atoms with Crippen LogP contribution in [0.2, 0.25) is 0 Å². The largest absolute Gasteiger partial charge is 0.459 e. The van der Waals surface area contributed by atoms with E-state index in [0.717, 1.165) is 53.4 Å². The van der Waals surface area contributed by atoms with Crippen LogP contribution in [0.3, 0.4) is 0 Å². The molecule has 1 aromatic carbocycles. The molecule has 0 fully saturated rings. The minimum absolute atomic E-state index is 0.221. The van der Waals surface area contributed by atoms with Crippen LogP contribution in [0.5, 0.6) is 0 Å². The number of furan rings is 1. The first-order valence-electron chi connectivity index (χ1n) is 7.24. The van der Waals surface area contributed by atoms with Crippen LogP contribution in [0, 0.1) is 0 Å². The van der Waals surface area contributed by atoms with Gasteiger partial charge in [0.1, 0.15) is 11.3 Å². The van der Waals surface area contributed by atoms with Gasteiger partial charge in [0.15, 0.2) is 0 Å². The van der Waals surface area contributed by atoms with Gasteiger partial charge in [0, 0.05) is 16.5 Å². The maximum Gasteiger partial charge on any atom is 0.134 e. The number of nitrogens with one attached hydrogen (secondary N) is 1. The Hall–Kier alpha value is -0.840. The van der Waals surface area contributed by atoms with E-state index in [4.69, 9.17) is 9.52 Å². The van der Waals surface area contributed by atoms with Crippen molar-refractivity contribution in [3.05, 3.63) is 34.5 Å². The van der Waals surface area contributed by atoms with Crippen LogP contribution in [0.1, 0.15) is 44.4 Å². The molecule has 1 unspecified atom stereocenters. The maximum absolute atomic E-state index is 8.72. The predicted molar refractivity (Wildman–Crippen MR) is 85.9 cm³/mol. The fourth-order valence-electron chi connectivity index (χ4n) is 2.26. The summed E-state index contributed by atoms with van der Waals surface area (Å²) in [4.78, 5) is 0. The summed E-state index contributed by atoms with van der Waals surface area (Å²) in [5.41, 5.74) is 0.930. The molecule has 1 aromatic heterocycles. The number of unbranched alkanes of at least 4 members (excludes halogenated alkanes) is 3. The molecule has 2 N–H and O–H groups in total. The monoisotopic (exact) mass is 339 g/mol. The van der Waals surface area contributed by atoms with Crippen molar-refractivity contribution in [1.29, 1.82) is 0 Å². The Kier molecular flexibility index (Phi) is 6.07. The van der Waals surface area contributed by atoms with Gasteiger partial charge in [-0.1, -0.05) is 28.8 Å². The Labute approximate surface area is 128 Å². The van der Waals surface area contributed by atoms with Crippen molar-refractivity contribution in [3.8, 4) is 0 Å². The molecule has 0 saturated carbocycles. The normalized spacial score (nSPS) is 12.9. The SMILES string of the molecule is CC(NCCCCCCO)c1cc2cc(Br)ccc2o1. The van der Waals surface area contributed by atoms with E-state index < -0.39 is 0 Å². The molecular formula is C16H22BrNO2. The maximum atomic E-state index is 8.72. The van der Waals surface area contributed by atoms with Crippen molar-refractivity contribution in [2.24, 2.45) is 0 Å². The Morgan fingerprint density at radius 1 is 1.20 bits per heavy atom. The van der Waals surface area contributed by atoms with Crippen molar-refractivity contribution in [1.82, 2.24) is 5.32 Å². The van der Waals surface area contributed by atoms with E-state index in [1.165, 1.54) is 0 Å². The highest BCUT2D eigenvalue weighted by atomic mass is 79.9. The molecule has 4 heteroatoms. The van der Waals surface area contributed by atoms with Gasteiger partial charge in [-0.25, -0.2) is 0 Å². The molecule has 1 atom stereocenters. The number of benzene rings is 1. The van der Waals surface area contributed by atoms with Crippen LogP contribution in [0.25, 0.3) is 11.0 Å². The summed E-state index contributed by atoms with van der Waals surface area (Å²) in [5, 5.41) is 13.3. The topological polar surface area (TPSA) is 45.4 Å². The lowest BCUT2D eigenvalue weighted by Gasteiger charge is -2.10. The second-order valence-corrected chi connectivity index (χ2v) is 6.06. The van der Waals surface area contributed by atoms with Gasteiger partial charge in [-0.05, 0) is 50.6 Å². The molecule has 0 spiro atoms. The van der Waals surface area contributed by atoms with Gasteiger partial charge in [-0.2, -0.15) is 0 Å². The quantitative estimate of drug-likeness (QED) is 0.700. The molecule has 3 nitrogen and oxygen atoms in total. The Balaban J connectivity index is 1.83. The highest BCUT2D eigenvalue weighted by Crippen LogP contribution is 2.26. The Morgan fingerprint density at radius 2 is 2.00 bits per heavy atom. The van der Waals surface area contributed by atoms with Gasteiger partial charge >= 0.3 is 0 Å². The third-order valence-electron chi connectivity index (χ3n) is 3.46. The molecule has 110 valence electrons. The minimum atomic E-state index is 0.221. The molecule has 0 aliphatic carbocycles. The lowest BCUT2D eigenvalue weighted by molar-refractivity contribution is 0.282. The summed E-state index contributed by atoms with van der Waals surface area (Å²) in [6.07, 6.45) is 4.31. The molecule has 0 radical (unpaired) electrons. The van der Waals surface area contributed by atoms with Crippen molar-refractivity contribution in [2.75, 3.05) is 13.2 Å². The van der Waals surface area contributed by atoms with Crippen molar-refractivity contribution in [3.63, 3.8) is 0 Å². The number of rotatable bonds is 8. The van der Waals surface area contributed by atoms with Gasteiger partial charge in [0.25, 0.3) is 0 Å². The van der Waals surface area contributed by atoms with Crippen LogP contribution in [-0.4, -0.2) is 18.3 Å². The number of fused-ring (bicyclic) bond motifs is 1. The van der Waals surface area contributed by atoms with E-state index in [1.54, 1.807) is 0 Å². The van der Waals surface area contributed by atoms with Crippen LogP contribution in [-0.2, 0) is 0 Å². The predicted octanol–water partition coefficient (Wildman–Crippen LogP) is 4.40. The van der Waals surface area contributed by atoms with E-state index in [1.807, 2.05) is 12.1 Å². The molecule has 20 heavy (non-hydrogen) atoms. The second kappa shape index (κ2) is 7.81. The van der Waals surface area contributed by atoms with Crippen LogP contribution in [0.15, 0.2) is 33.2 Å². The van der Waals surface area contributed by atoms with Crippen LogP contribution >= 0.6 is 15.9 Å². The van der Waals surface area contributed by atoms with Gasteiger partial charge in [0.2, 0.25) is 0 Å². The van der Waals surface area contributed by atoms with Crippen LogP contribution < -0.4 is 5.32 Å². The molecule has 2 aromatic rings. The summed E-state index contributed by atoms with van der Waals surface area (Å²) in [7, 11) is 0. The van der Waals surface area contributed by atoms with Gasteiger partial charge in [0.05, 0.1) is 6.04 Å². The molecule has 0 amide bonds. The van der Waals surface area contributed by atoms with E-state index in [0.29, 0.717) is 6.61 Å². The first-order chi connectivity index (χ1) is 9.70. The molecule has 0 saturated heterocycles. The van der Waals surface area contributed by atoms with E-state index in [9.17, 15) is 0 Å². The van der Waals surface area contributed by atoms with E-state index in [-0.39, 0.29) is 6.04 Å². The third-order valence-corrected chi connectivity index (χ3v) is 3.95. The lowest BCUT2D eigenvalue weighted by Crippen LogP contribution is -2.19. The lowest BCUT2D eigenvalue weighted by atomic mass is 10.2. The molecule has 0 bridgehead atoms. The Morgan fingerprint density at radius 3 is 2.80 bits per heavy atom. The molecule has 1 heterocycles. The first-order valence-corrected chi connectivity index (χ1v) is 8.03. The summed E-state index contributed by atoms with van der Waals surface area (Å²) in [6, 6.07) is 8.38. The van der Waals surface area contributed by atoms with E-state index >= 15 is 0 Å². The fraction of sp³-hybridized carbons (Fsp3) is 0.500. The zero-order valence-corrected chi connectivity index (χ0v) is 13.4. The standard InChI is InChI=1S/C16H22BrNO2/c1-12(18-8-4-2-3-5-9-19)16-11-13-10-14(17)6-7-15(13)20-16/h6-7,10-12,18-19H,2-5,8-9H2,1H3. The molecule has 0 aliphatic heterocycles. The Bertz CT molecular complexity index is 538. The fourth-order valence-corrected chi connectivity index (χ4v) is 2.64. The van der Waals surface area contributed by atoms with E-state index in [2.05, 4.69) is 40.3 Å². The molecular weight excluding hydrogens is 318 g/mol. The highest BCUT2D eigenvalue weighted by Gasteiger charge is 2.10. The third kappa shape index (κ3) is 4.33. The zero-order valence-electron chi connectivity index (χ0n) is 11.9. The summed E-state index contributed by atoms with van der Waals surface area (Å²) in [6.45, 7) is 3.41. The van der Waals surface area contributed by atoms with Crippen molar-refractivity contribution < 1.29 is 9.52 Å². The zero-order chi connectivity index (χ0) is 14.4. The molecule has 0 aliphatic rings. The number of aliphatic hydroxyl groups excluding tert-OH is 1. The minimum Gasteiger partial charge on any atom is -0.459 e. The average Bonchev–Trinajstić information content (AvgIpc) is 2.85. The highest BCUT2D eigenvalue weighted by molar-refractivity contribution is 9.10. The summed E-state index contributed by atoms with van der Waals surface area (Å²) in [5.74, 6) is 0.980. The van der Waals surface area contributed by atoms with Crippen molar-refractivity contribution in [2.45, 2.75) is 38.6 Å². The molecule has 2 rings (SSSR count). The van der Waals surface area contributed by atoms with Gasteiger partial charge in [-0.15, -0.1) is 0 Å². The van der Waals surface area contributed by atoms with Gasteiger partial charge < -0.3 is 14.8 Å². The number of hydrogen-bond acceptors (Lipinski definition) is 3. The number of aliphatic hydroxyl groups is 1. The summed E-state index contributed by atoms with van der Waals surface area (Å²) >= 11 is 3.48. The van der Waals surface area contributed by atoms with Gasteiger partial charge in [-0.3, -0.25) is 0 Å². The van der Waals surface area contributed by atoms with Crippen LogP contribution in [0.4, 0.5) is 0 Å². The van der Waals surface area contributed by atoms with Crippen molar-refractivity contribution >= 4 is 26.9 Å². The number of hydrogen-bond donors (Lipinski definition) is 2. The second-order valence-electron chi connectivity index (χ2n) is 5.14. The number of halogens is 1. The average molecular weight is 340 g/mol. The first kappa shape index (κ1) is 15.5. The smallest absolute Gasteiger partial charge is 0.134 e.